The molecule has 9 heteroatoms. The molecule has 0 aliphatic rings. The molecule has 0 fully saturated rings. The van der Waals surface area contributed by atoms with E-state index in [-0.39, 0.29) is 59.4 Å². The molecule has 0 saturated heterocycles. The molecule has 1 unspecified atom stereocenters. The minimum Gasteiger partial charge on any atom is -0.459 e. The normalized spacial score (nSPS) is 14.5. The lowest BCUT2D eigenvalue weighted by molar-refractivity contribution is -0.167. The number of carbonyl (C=O) groups excluding carboxylic acids is 4. The molecule has 226 valence electrons. The maximum absolute atomic E-state index is 12.7. The first-order valence-electron chi connectivity index (χ1n) is 13.7. The molecule has 3 atom stereocenters. The maximum Gasteiger partial charge on any atom is 0.323 e. The van der Waals surface area contributed by atoms with Gasteiger partial charge in [-0.15, -0.1) is 0 Å². The van der Waals surface area contributed by atoms with Crippen LogP contribution in [0, 0.1) is 16.2 Å². The summed E-state index contributed by atoms with van der Waals surface area (Å²) in [5.74, 6) is -1.80. The van der Waals surface area contributed by atoms with Gasteiger partial charge in [0.2, 0.25) is 0 Å². The van der Waals surface area contributed by atoms with E-state index < -0.39 is 36.2 Å². The monoisotopic (exact) mass is 563 g/mol. The van der Waals surface area contributed by atoms with Gasteiger partial charge in [0.25, 0.3) is 0 Å². The molecule has 1 rings (SSSR count). The SMILES string of the molecule is CC(OC(=O)CC(C)(C)C)[C@H](C)OC(=O)[C@@H](N)Cc1ccc(OC(=O)CC(C)(C)C)c(OC(=O)CC(C)(C)C)c1. The van der Waals surface area contributed by atoms with Crippen LogP contribution >= 0.6 is 0 Å². The first kappa shape index (κ1) is 35.1. The lowest BCUT2D eigenvalue weighted by atomic mass is 9.92. The lowest BCUT2D eigenvalue weighted by Crippen LogP contribution is -2.39. The Kier molecular flexibility index (Phi) is 12.4. The van der Waals surface area contributed by atoms with E-state index in [4.69, 9.17) is 24.7 Å². The Morgan fingerprint density at radius 3 is 1.57 bits per heavy atom. The summed E-state index contributed by atoms with van der Waals surface area (Å²) < 4.78 is 22.0. The second-order valence-electron chi connectivity index (χ2n) is 14.1. The summed E-state index contributed by atoms with van der Waals surface area (Å²) in [6.45, 7) is 20.6. The van der Waals surface area contributed by atoms with Crippen LogP contribution in [0.25, 0.3) is 0 Å². The highest BCUT2D eigenvalue weighted by molar-refractivity contribution is 5.78. The topological polar surface area (TPSA) is 131 Å². The van der Waals surface area contributed by atoms with Crippen LogP contribution in [-0.4, -0.2) is 42.1 Å². The van der Waals surface area contributed by atoms with E-state index in [2.05, 4.69) is 0 Å². The van der Waals surface area contributed by atoms with Crippen molar-refractivity contribution in [2.24, 2.45) is 22.0 Å². The fraction of sp³-hybridized carbons (Fsp3) is 0.677. The van der Waals surface area contributed by atoms with Gasteiger partial charge in [0, 0.05) is 0 Å². The number of rotatable bonds is 11. The summed E-state index contributed by atoms with van der Waals surface area (Å²) in [6.07, 6.45) is -0.730. The van der Waals surface area contributed by atoms with E-state index in [0.717, 1.165) is 0 Å². The minimum absolute atomic E-state index is 0.0716. The summed E-state index contributed by atoms with van der Waals surface area (Å²) in [5.41, 5.74) is 5.89. The van der Waals surface area contributed by atoms with Crippen molar-refractivity contribution in [2.75, 3.05) is 0 Å². The average Bonchev–Trinajstić information content (AvgIpc) is 2.71. The molecule has 0 bridgehead atoms. The number of benzene rings is 1. The molecule has 40 heavy (non-hydrogen) atoms. The molecular weight excluding hydrogens is 514 g/mol. The summed E-state index contributed by atoms with van der Waals surface area (Å²) in [5, 5.41) is 0. The summed E-state index contributed by atoms with van der Waals surface area (Å²) >= 11 is 0. The van der Waals surface area contributed by atoms with Crippen molar-refractivity contribution >= 4 is 23.9 Å². The zero-order valence-electron chi connectivity index (χ0n) is 26.1. The van der Waals surface area contributed by atoms with Gasteiger partial charge in [0.1, 0.15) is 18.2 Å². The number of ether oxygens (including phenoxy) is 4. The van der Waals surface area contributed by atoms with Crippen molar-refractivity contribution < 1.29 is 38.1 Å². The van der Waals surface area contributed by atoms with Gasteiger partial charge in [0.15, 0.2) is 11.5 Å². The van der Waals surface area contributed by atoms with Gasteiger partial charge in [-0.3, -0.25) is 19.2 Å². The summed E-state index contributed by atoms with van der Waals surface area (Å²) in [7, 11) is 0. The molecule has 0 aliphatic heterocycles. The van der Waals surface area contributed by atoms with Crippen LogP contribution in [0.4, 0.5) is 0 Å². The Balaban J connectivity index is 2.98. The number of nitrogens with two attached hydrogens (primary N) is 1. The number of hydrogen-bond donors (Lipinski definition) is 1. The highest BCUT2D eigenvalue weighted by Crippen LogP contribution is 2.32. The predicted octanol–water partition coefficient (Wildman–Crippen LogP) is 5.54. The number of carbonyl (C=O) groups is 4. The molecule has 2 N–H and O–H groups in total. The molecule has 9 nitrogen and oxygen atoms in total. The Labute approximate surface area is 239 Å². The summed E-state index contributed by atoms with van der Waals surface area (Å²) in [4.78, 5) is 49.9. The zero-order valence-corrected chi connectivity index (χ0v) is 26.1. The second kappa shape index (κ2) is 14.1. The lowest BCUT2D eigenvalue weighted by Gasteiger charge is -2.24. The van der Waals surface area contributed by atoms with Crippen LogP contribution in [0.2, 0.25) is 0 Å². The van der Waals surface area contributed by atoms with E-state index in [1.807, 2.05) is 62.3 Å². The number of esters is 4. The molecule has 1 aromatic rings. The van der Waals surface area contributed by atoms with Gasteiger partial charge < -0.3 is 24.7 Å². The van der Waals surface area contributed by atoms with Crippen LogP contribution < -0.4 is 15.2 Å². The van der Waals surface area contributed by atoms with E-state index in [1.165, 1.54) is 12.1 Å². The zero-order chi connectivity index (χ0) is 31.1. The molecule has 0 aliphatic carbocycles. The number of hydrogen-bond acceptors (Lipinski definition) is 9. The van der Waals surface area contributed by atoms with Gasteiger partial charge in [0.05, 0.1) is 19.3 Å². The Hall–Kier alpha value is -2.94. The quantitative estimate of drug-likeness (QED) is 0.272. The predicted molar refractivity (Wildman–Crippen MR) is 153 cm³/mol. The van der Waals surface area contributed by atoms with Gasteiger partial charge in [-0.2, -0.15) is 0 Å². The second-order valence-corrected chi connectivity index (χ2v) is 14.1. The first-order valence-corrected chi connectivity index (χ1v) is 13.7. The van der Waals surface area contributed by atoms with E-state index >= 15 is 0 Å². The maximum atomic E-state index is 12.7. The van der Waals surface area contributed by atoms with Crippen molar-refractivity contribution in [1.82, 2.24) is 0 Å². The van der Waals surface area contributed by atoms with Crippen molar-refractivity contribution in [1.29, 1.82) is 0 Å². The van der Waals surface area contributed by atoms with E-state index in [1.54, 1.807) is 19.9 Å². The van der Waals surface area contributed by atoms with Gasteiger partial charge in [-0.1, -0.05) is 68.4 Å². The average molecular weight is 564 g/mol. The Bertz CT molecular complexity index is 1040. The standard InChI is InChI=1S/C31H49NO8/c1-19(37-25(33)16-29(3,4)5)20(2)38-28(36)22(32)14-21-12-13-23(39-26(34)17-30(6,7)8)24(15-21)40-27(35)18-31(9,10)11/h12-13,15,19-20,22H,14,16-18,32H2,1-11H3/t19?,20-,22-/m0/s1. The fourth-order valence-electron chi connectivity index (χ4n) is 3.51. The van der Waals surface area contributed by atoms with Gasteiger partial charge in [-0.25, -0.2) is 0 Å². The molecule has 0 saturated carbocycles. The van der Waals surface area contributed by atoms with Crippen molar-refractivity contribution in [3.63, 3.8) is 0 Å². The third kappa shape index (κ3) is 14.4. The van der Waals surface area contributed by atoms with E-state index in [9.17, 15) is 19.2 Å². The van der Waals surface area contributed by atoms with Crippen LogP contribution in [0.5, 0.6) is 11.5 Å². The minimum atomic E-state index is -1.03. The summed E-state index contributed by atoms with van der Waals surface area (Å²) in [6, 6.07) is 3.67. The van der Waals surface area contributed by atoms with Crippen LogP contribution in [-0.2, 0) is 35.1 Å². The molecule has 0 amide bonds. The van der Waals surface area contributed by atoms with Crippen LogP contribution in [0.1, 0.15) is 101 Å². The van der Waals surface area contributed by atoms with Crippen LogP contribution in [0.3, 0.4) is 0 Å². The molecule has 0 heterocycles. The molecular formula is C31H49NO8. The first-order chi connectivity index (χ1) is 18.0. The smallest absolute Gasteiger partial charge is 0.323 e. The van der Waals surface area contributed by atoms with Gasteiger partial charge in [-0.05, 0) is 54.2 Å². The largest absolute Gasteiger partial charge is 0.459 e. The van der Waals surface area contributed by atoms with Crippen molar-refractivity contribution in [3.05, 3.63) is 23.8 Å². The highest BCUT2D eigenvalue weighted by Gasteiger charge is 2.27. The van der Waals surface area contributed by atoms with Crippen LogP contribution in [0.15, 0.2) is 18.2 Å². The van der Waals surface area contributed by atoms with Gasteiger partial charge >= 0.3 is 23.9 Å². The third-order valence-corrected chi connectivity index (χ3v) is 5.52. The molecule has 0 aromatic heterocycles. The highest BCUT2D eigenvalue weighted by atomic mass is 16.6. The van der Waals surface area contributed by atoms with Crippen molar-refractivity contribution in [3.8, 4) is 11.5 Å². The molecule has 1 aromatic carbocycles. The fourth-order valence-corrected chi connectivity index (χ4v) is 3.51. The van der Waals surface area contributed by atoms with E-state index in [0.29, 0.717) is 5.56 Å². The Morgan fingerprint density at radius 2 is 1.10 bits per heavy atom. The molecule has 0 spiro atoms. The third-order valence-electron chi connectivity index (χ3n) is 5.52. The van der Waals surface area contributed by atoms with Crippen molar-refractivity contribution in [2.45, 2.75) is 120 Å². The Morgan fingerprint density at radius 1 is 0.675 bits per heavy atom. The molecule has 0 radical (unpaired) electrons.